The van der Waals surface area contributed by atoms with Gasteiger partial charge in [0.1, 0.15) is 6.04 Å². The summed E-state index contributed by atoms with van der Waals surface area (Å²) in [5.74, 6) is -0.833. The summed E-state index contributed by atoms with van der Waals surface area (Å²) in [7, 11) is 1.55. The average molecular weight is 409 g/mol. The number of rotatable bonds is 9. The molecule has 1 aromatic carbocycles. The van der Waals surface area contributed by atoms with Crippen molar-refractivity contribution in [1.29, 1.82) is 0 Å². The van der Waals surface area contributed by atoms with E-state index in [1.54, 1.807) is 13.4 Å². The first-order chi connectivity index (χ1) is 13.0. The predicted octanol–water partition coefficient (Wildman–Crippen LogP) is 1.96. The van der Waals surface area contributed by atoms with E-state index in [0.717, 1.165) is 5.56 Å². The molecule has 0 radical (unpaired) electrons. The van der Waals surface area contributed by atoms with Gasteiger partial charge in [0.25, 0.3) is 5.91 Å². The normalized spacial score (nSPS) is 11.7. The average Bonchev–Trinajstić information content (AvgIpc) is 2.68. The molecule has 0 bridgehead atoms. The minimum absolute atomic E-state index is 0.0405. The van der Waals surface area contributed by atoms with E-state index in [0.29, 0.717) is 24.7 Å². The van der Waals surface area contributed by atoms with Gasteiger partial charge >= 0.3 is 0 Å². The van der Waals surface area contributed by atoms with Crippen molar-refractivity contribution in [3.63, 3.8) is 0 Å². The van der Waals surface area contributed by atoms with Gasteiger partial charge in [-0.15, -0.1) is 0 Å². The van der Waals surface area contributed by atoms with Gasteiger partial charge in [0.15, 0.2) is 10.9 Å². The van der Waals surface area contributed by atoms with E-state index in [1.807, 2.05) is 30.3 Å². The van der Waals surface area contributed by atoms with Crippen molar-refractivity contribution in [2.24, 2.45) is 0 Å². The Bertz CT molecular complexity index is 776. The Morgan fingerprint density at radius 3 is 2.70 bits per heavy atom. The summed E-state index contributed by atoms with van der Waals surface area (Å²) in [6.45, 7) is 0.730. The van der Waals surface area contributed by atoms with Gasteiger partial charge in [-0.3, -0.25) is 9.59 Å². The highest BCUT2D eigenvalue weighted by atomic mass is 35.5. The SMILES string of the molecule is COCCNC(=O)[C@@H](Cc1ccccc1)NC(=O)c1nc(SC)ncc1Cl. The molecular formula is C18H21ClN4O3S. The molecule has 0 saturated heterocycles. The molecule has 0 fully saturated rings. The zero-order valence-corrected chi connectivity index (χ0v) is 16.6. The van der Waals surface area contributed by atoms with Crippen molar-refractivity contribution in [2.45, 2.75) is 17.6 Å². The highest BCUT2D eigenvalue weighted by Gasteiger charge is 2.24. The number of amides is 2. The minimum Gasteiger partial charge on any atom is -0.383 e. The molecule has 27 heavy (non-hydrogen) atoms. The lowest BCUT2D eigenvalue weighted by Gasteiger charge is -2.19. The molecule has 144 valence electrons. The predicted molar refractivity (Wildman–Crippen MR) is 105 cm³/mol. The summed E-state index contributed by atoms with van der Waals surface area (Å²) in [5, 5.41) is 6.03. The lowest BCUT2D eigenvalue weighted by Crippen LogP contribution is -2.48. The van der Waals surface area contributed by atoms with E-state index in [2.05, 4.69) is 20.6 Å². The Labute approximate surface area is 167 Å². The molecule has 2 N–H and O–H groups in total. The monoisotopic (exact) mass is 408 g/mol. The van der Waals surface area contributed by atoms with Crippen LogP contribution >= 0.6 is 23.4 Å². The Morgan fingerprint density at radius 1 is 1.30 bits per heavy atom. The smallest absolute Gasteiger partial charge is 0.272 e. The number of nitrogens with one attached hydrogen (secondary N) is 2. The van der Waals surface area contributed by atoms with E-state index in [1.165, 1.54) is 18.0 Å². The number of hydrogen-bond donors (Lipinski definition) is 2. The van der Waals surface area contributed by atoms with Crippen LogP contribution in [0.25, 0.3) is 0 Å². The molecule has 0 unspecified atom stereocenters. The van der Waals surface area contributed by atoms with Crippen molar-refractivity contribution >= 4 is 35.2 Å². The highest BCUT2D eigenvalue weighted by molar-refractivity contribution is 7.98. The van der Waals surface area contributed by atoms with E-state index in [4.69, 9.17) is 16.3 Å². The Balaban J connectivity index is 2.17. The first-order valence-corrected chi connectivity index (χ1v) is 9.83. The number of carbonyl (C=O) groups excluding carboxylic acids is 2. The molecular weight excluding hydrogens is 388 g/mol. The number of ether oxygens (including phenoxy) is 1. The highest BCUT2D eigenvalue weighted by Crippen LogP contribution is 2.17. The fourth-order valence-corrected chi connectivity index (χ4v) is 2.81. The molecule has 0 spiro atoms. The lowest BCUT2D eigenvalue weighted by atomic mass is 10.0. The third kappa shape index (κ3) is 6.50. The fourth-order valence-electron chi connectivity index (χ4n) is 2.29. The molecule has 1 heterocycles. The fraction of sp³-hybridized carbons (Fsp3) is 0.333. The molecule has 2 aromatic rings. The van der Waals surface area contributed by atoms with Gasteiger partial charge < -0.3 is 15.4 Å². The second-order valence-electron chi connectivity index (χ2n) is 5.55. The molecule has 1 atom stereocenters. The van der Waals surface area contributed by atoms with Crippen LogP contribution in [0, 0.1) is 0 Å². The molecule has 0 aliphatic rings. The molecule has 2 rings (SSSR count). The largest absolute Gasteiger partial charge is 0.383 e. The van der Waals surface area contributed by atoms with Crippen LogP contribution in [0.2, 0.25) is 5.02 Å². The van der Waals surface area contributed by atoms with E-state index in [9.17, 15) is 9.59 Å². The number of hydrogen-bond acceptors (Lipinski definition) is 6. The van der Waals surface area contributed by atoms with Crippen molar-refractivity contribution in [2.75, 3.05) is 26.5 Å². The Morgan fingerprint density at radius 2 is 2.04 bits per heavy atom. The third-order valence-corrected chi connectivity index (χ3v) is 4.47. The second kappa shape index (κ2) is 10.9. The first-order valence-electron chi connectivity index (χ1n) is 8.23. The van der Waals surface area contributed by atoms with Crippen molar-refractivity contribution < 1.29 is 14.3 Å². The summed E-state index contributed by atoms with van der Waals surface area (Å²) in [5.41, 5.74) is 0.960. The molecule has 0 aliphatic heterocycles. The van der Waals surface area contributed by atoms with Crippen LogP contribution in [-0.2, 0) is 16.0 Å². The van der Waals surface area contributed by atoms with Crippen LogP contribution in [0.3, 0.4) is 0 Å². The summed E-state index contributed by atoms with van der Waals surface area (Å²) in [4.78, 5) is 33.4. The van der Waals surface area contributed by atoms with Crippen molar-refractivity contribution in [1.82, 2.24) is 20.6 Å². The van der Waals surface area contributed by atoms with Crippen LogP contribution in [0.15, 0.2) is 41.7 Å². The van der Waals surface area contributed by atoms with Crippen molar-refractivity contribution in [3.8, 4) is 0 Å². The summed E-state index contributed by atoms with van der Waals surface area (Å²) in [6, 6.07) is 8.66. The van der Waals surface area contributed by atoms with Gasteiger partial charge in [-0.05, 0) is 11.8 Å². The maximum absolute atomic E-state index is 12.7. The van der Waals surface area contributed by atoms with Gasteiger partial charge in [-0.25, -0.2) is 9.97 Å². The van der Waals surface area contributed by atoms with Crippen LogP contribution in [0.1, 0.15) is 16.1 Å². The molecule has 9 heteroatoms. The molecule has 2 amide bonds. The topological polar surface area (TPSA) is 93.2 Å². The number of aromatic nitrogens is 2. The second-order valence-corrected chi connectivity index (χ2v) is 6.73. The third-order valence-electron chi connectivity index (χ3n) is 3.63. The summed E-state index contributed by atoms with van der Waals surface area (Å²) >= 11 is 7.36. The van der Waals surface area contributed by atoms with E-state index in [-0.39, 0.29) is 16.6 Å². The lowest BCUT2D eigenvalue weighted by molar-refractivity contribution is -0.123. The van der Waals surface area contributed by atoms with Crippen LogP contribution in [0.4, 0.5) is 0 Å². The number of halogens is 1. The van der Waals surface area contributed by atoms with Crippen LogP contribution < -0.4 is 10.6 Å². The summed E-state index contributed by atoms with van der Waals surface area (Å²) < 4.78 is 4.94. The zero-order chi connectivity index (χ0) is 19.6. The first kappa shape index (κ1) is 21.1. The minimum atomic E-state index is -0.777. The Hall–Kier alpha value is -2.16. The van der Waals surface area contributed by atoms with Crippen LogP contribution in [-0.4, -0.2) is 54.3 Å². The number of nitrogens with zero attached hydrogens (tertiary/aromatic N) is 2. The Kier molecular flexibility index (Phi) is 8.50. The standard InChI is InChI=1S/C18H21ClN4O3S/c1-26-9-8-20-16(24)14(10-12-6-4-3-5-7-12)22-17(25)15-13(19)11-21-18(23-15)27-2/h3-7,11,14H,8-10H2,1-2H3,(H,20,24)(H,22,25)/t14-/m1/s1. The van der Waals surface area contributed by atoms with Gasteiger partial charge in [0.2, 0.25) is 5.91 Å². The number of methoxy groups -OCH3 is 1. The van der Waals surface area contributed by atoms with Gasteiger partial charge in [-0.2, -0.15) is 0 Å². The van der Waals surface area contributed by atoms with Crippen molar-refractivity contribution in [3.05, 3.63) is 52.8 Å². The maximum atomic E-state index is 12.7. The van der Waals surface area contributed by atoms with Crippen LogP contribution in [0.5, 0.6) is 0 Å². The molecule has 0 aliphatic carbocycles. The maximum Gasteiger partial charge on any atom is 0.272 e. The molecule has 7 nitrogen and oxygen atoms in total. The molecule has 0 saturated carbocycles. The van der Waals surface area contributed by atoms with Gasteiger partial charge in [0.05, 0.1) is 17.8 Å². The number of carbonyl (C=O) groups is 2. The van der Waals surface area contributed by atoms with E-state index < -0.39 is 11.9 Å². The van der Waals surface area contributed by atoms with Gasteiger partial charge in [-0.1, -0.05) is 53.7 Å². The zero-order valence-electron chi connectivity index (χ0n) is 15.1. The number of thioether (sulfide) groups is 1. The van der Waals surface area contributed by atoms with E-state index >= 15 is 0 Å². The molecule has 1 aromatic heterocycles. The quantitative estimate of drug-likeness (QED) is 0.374. The summed E-state index contributed by atoms with van der Waals surface area (Å²) in [6.07, 6.45) is 3.51. The number of benzene rings is 1. The van der Waals surface area contributed by atoms with Gasteiger partial charge in [0, 0.05) is 20.1 Å².